The minimum atomic E-state index is -0.619. The summed E-state index contributed by atoms with van der Waals surface area (Å²) in [5, 5.41) is 18.5. The summed E-state index contributed by atoms with van der Waals surface area (Å²) in [4.78, 5) is 0. The average molecular weight is 288 g/mol. The van der Waals surface area contributed by atoms with Gasteiger partial charge in [-0.25, -0.2) is 0 Å². The van der Waals surface area contributed by atoms with Gasteiger partial charge in [0.2, 0.25) is 0 Å². The SMILES string of the molecule is C=CC(=C)c1c(C)cc(OC2CC(C(O)CO)C2)cc1C. The third-order valence-corrected chi connectivity index (χ3v) is 4.24. The fourth-order valence-corrected chi connectivity index (χ4v) is 2.96. The molecular formula is C18H24O3. The summed E-state index contributed by atoms with van der Waals surface area (Å²) in [6.45, 7) is 11.7. The fourth-order valence-electron chi connectivity index (χ4n) is 2.96. The lowest BCUT2D eigenvalue weighted by atomic mass is 9.78. The van der Waals surface area contributed by atoms with E-state index in [1.807, 2.05) is 26.0 Å². The molecule has 0 heterocycles. The van der Waals surface area contributed by atoms with Crippen LogP contribution in [0.15, 0.2) is 31.4 Å². The van der Waals surface area contributed by atoms with Crippen LogP contribution in [-0.4, -0.2) is 29.0 Å². The lowest BCUT2D eigenvalue weighted by Crippen LogP contribution is -2.41. The molecule has 0 aliphatic heterocycles. The van der Waals surface area contributed by atoms with Crippen LogP contribution in [0.25, 0.3) is 5.57 Å². The van der Waals surface area contributed by atoms with Gasteiger partial charge in [0.05, 0.1) is 18.8 Å². The van der Waals surface area contributed by atoms with E-state index in [4.69, 9.17) is 9.84 Å². The Labute approximate surface area is 126 Å². The van der Waals surface area contributed by atoms with Gasteiger partial charge in [0.1, 0.15) is 5.75 Å². The van der Waals surface area contributed by atoms with Gasteiger partial charge in [-0.05, 0) is 67.0 Å². The molecule has 1 aromatic carbocycles. The topological polar surface area (TPSA) is 49.7 Å². The van der Waals surface area contributed by atoms with E-state index in [1.54, 1.807) is 6.08 Å². The Hall–Kier alpha value is -1.58. The number of aryl methyl sites for hydroxylation is 2. The zero-order valence-corrected chi connectivity index (χ0v) is 12.8. The van der Waals surface area contributed by atoms with Crippen LogP contribution in [0.2, 0.25) is 0 Å². The second kappa shape index (κ2) is 6.46. The van der Waals surface area contributed by atoms with E-state index in [9.17, 15) is 5.11 Å². The van der Waals surface area contributed by atoms with Crippen molar-refractivity contribution in [3.05, 3.63) is 48.1 Å². The number of hydrogen-bond acceptors (Lipinski definition) is 3. The zero-order valence-electron chi connectivity index (χ0n) is 12.8. The van der Waals surface area contributed by atoms with Gasteiger partial charge in [-0.1, -0.05) is 19.2 Å². The Morgan fingerprint density at radius 3 is 2.43 bits per heavy atom. The Morgan fingerprint density at radius 2 is 1.95 bits per heavy atom. The van der Waals surface area contributed by atoms with Crippen LogP contribution in [0.4, 0.5) is 0 Å². The molecule has 1 atom stereocenters. The highest BCUT2D eigenvalue weighted by Crippen LogP contribution is 2.35. The fraction of sp³-hybridized carbons (Fsp3) is 0.444. The van der Waals surface area contributed by atoms with Crippen molar-refractivity contribution in [2.24, 2.45) is 5.92 Å². The molecule has 0 amide bonds. The Balaban J connectivity index is 2.03. The first-order chi connectivity index (χ1) is 9.96. The predicted octanol–water partition coefficient (Wildman–Crippen LogP) is 3.01. The normalized spacial score (nSPS) is 22.3. The van der Waals surface area contributed by atoms with E-state index in [0.717, 1.165) is 40.9 Å². The van der Waals surface area contributed by atoms with Crippen molar-refractivity contribution in [3.63, 3.8) is 0 Å². The highest BCUT2D eigenvalue weighted by atomic mass is 16.5. The molecule has 1 unspecified atom stereocenters. The average Bonchev–Trinajstić information content (AvgIpc) is 2.40. The molecule has 0 spiro atoms. The number of allylic oxidation sites excluding steroid dienone is 2. The molecule has 1 saturated carbocycles. The quantitative estimate of drug-likeness (QED) is 0.791. The van der Waals surface area contributed by atoms with Crippen LogP contribution in [0.3, 0.4) is 0 Å². The molecule has 21 heavy (non-hydrogen) atoms. The summed E-state index contributed by atoms with van der Waals surface area (Å²) in [6.07, 6.45) is 2.86. The van der Waals surface area contributed by atoms with Crippen molar-refractivity contribution in [1.29, 1.82) is 0 Å². The maximum absolute atomic E-state index is 9.55. The van der Waals surface area contributed by atoms with E-state index in [1.165, 1.54) is 0 Å². The smallest absolute Gasteiger partial charge is 0.120 e. The molecule has 3 heteroatoms. The highest BCUT2D eigenvalue weighted by molar-refractivity contribution is 5.76. The van der Waals surface area contributed by atoms with Gasteiger partial charge < -0.3 is 14.9 Å². The lowest BCUT2D eigenvalue weighted by molar-refractivity contribution is -0.0374. The van der Waals surface area contributed by atoms with Crippen LogP contribution in [-0.2, 0) is 0 Å². The van der Waals surface area contributed by atoms with Crippen LogP contribution >= 0.6 is 0 Å². The Kier molecular flexibility index (Phi) is 4.86. The second-order valence-electron chi connectivity index (χ2n) is 5.88. The first kappa shape index (κ1) is 15.8. The van der Waals surface area contributed by atoms with Gasteiger partial charge in [0, 0.05) is 0 Å². The van der Waals surface area contributed by atoms with E-state index < -0.39 is 6.10 Å². The van der Waals surface area contributed by atoms with Crippen molar-refractivity contribution < 1.29 is 14.9 Å². The van der Waals surface area contributed by atoms with E-state index in [2.05, 4.69) is 13.2 Å². The van der Waals surface area contributed by atoms with Crippen molar-refractivity contribution in [2.75, 3.05) is 6.61 Å². The summed E-state index contributed by atoms with van der Waals surface area (Å²) < 4.78 is 5.96. The van der Waals surface area contributed by atoms with E-state index in [0.29, 0.717) is 0 Å². The maximum Gasteiger partial charge on any atom is 0.120 e. The monoisotopic (exact) mass is 288 g/mol. The molecule has 3 nitrogen and oxygen atoms in total. The number of aliphatic hydroxyl groups excluding tert-OH is 2. The summed E-state index contributed by atoms with van der Waals surface area (Å²) in [5.41, 5.74) is 4.30. The summed E-state index contributed by atoms with van der Waals surface area (Å²) in [5.74, 6) is 1.01. The molecule has 0 bridgehead atoms. The molecule has 2 rings (SSSR count). The van der Waals surface area contributed by atoms with E-state index >= 15 is 0 Å². The van der Waals surface area contributed by atoms with Gasteiger partial charge in [-0.2, -0.15) is 0 Å². The molecule has 114 valence electrons. The first-order valence-electron chi connectivity index (χ1n) is 7.34. The standard InChI is InChI=1S/C18H24O3/c1-5-11(2)18-12(3)6-15(7-13(18)4)21-16-8-14(9-16)17(20)10-19/h5-7,14,16-17,19-20H,1-2,8-10H2,3-4H3. The minimum Gasteiger partial charge on any atom is -0.490 e. The molecular weight excluding hydrogens is 264 g/mol. The number of ether oxygens (including phenoxy) is 1. The number of rotatable bonds is 6. The molecule has 0 aromatic heterocycles. The second-order valence-corrected chi connectivity index (χ2v) is 5.88. The summed E-state index contributed by atoms with van der Waals surface area (Å²) in [6, 6.07) is 4.04. The molecule has 1 aromatic rings. The van der Waals surface area contributed by atoms with E-state index in [-0.39, 0.29) is 18.6 Å². The van der Waals surface area contributed by atoms with Gasteiger partial charge in [0.15, 0.2) is 0 Å². The highest BCUT2D eigenvalue weighted by Gasteiger charge is 2.35. The first-order valence-corrected chi connectivity index (χ1v) is 7.34. The van der Waals surface area contributed by atoms with Crippen LogP contribution in [0.1, 0.15) is 29.5 Å². The van der Waals surface area contributed by atoms with Crippen LogP contribution < -0.4 is 4.74 Å². The minimum absolute atomic E-state index is 0.128. The number of aliphatic hydroxyl groups is 2. The van der Waals surface area contributed by atoms with Gasteiger partial charge in [0.25, 0.3) is 0 Å². The Morgan fingerprint density at radius 1 is 1.38 bits per heavy atom. The van der Waals surface area contributed by atoms with Crippen molar-refractivity contribution in [3.8, 4) is 5.75 Å². The van der Waals surface area contributed by atoms with Crippen LogP contribution in [0, 0.1) is 19.8 Å². The van der Waals surface area contributed by atoms with Gasteiger partial charge in [-0.3, -0.25) is 0 Å². The van der Waals surface area contributed by atoms with Crippen LogP contribution in [0.5, 0.6) is 5.75 Å². The molecule has 0 saturated heterocycles. The largest absolute Gasteiger partial charge is 0.490 e. The van der Waals surface area contributed by atoms with Gasteiger partial charge >= 0.3 is 0 Å². The molecule has 1 aliphatic rings. The third-order valence-electron chi connectivity index (χ3n) is 4.24. The molecule has 1 fully saturated rings. The molecule has 1 aliphatic carbocycles. The third kappa shape index (κ3) is 3.36. The van der Waals surface area contributed by atoms with Gasteiger partial charge in [-0.15, -0.1) is 0 Å². The lowest BCUT2D eigenvalue weighted by Gasteiger charge is -2.37. The van der Waals surface area contributed by atoms with Crippen molar-refractivity contribution in [1.82, 2.24) is 0 Å². The predicted molar refractivity (Wildman–Crippen MR) is 85.4 cm³/mol. The maximum atomic E-state index is 9.55. The molecule has 0 radical (unpaired) electrons. The number of benzene rings is 1. The Bertz CT molecular complexity index is 518. The zero-order chi connectivity index (χ0) is 15.6. The molecule has 2 N–H and O–H groups in total. The summed E-state index contributed by atoms with van der Waals surface area (Å²) in [7, 11) is 0. The number of hydrogen-bond donors (Lipinski definition) is 2. The van der Waals surface area contributed by atoms with Crippen molar-refractivity contribution in [2.45, 2.75) is 38.9 Å². The van der Waals surface area contributed by atoms with Crippen molar-refractivity contribution >= 4 is 5.57 Å². The summed E-state index contributed by atoms with van der Waals surface area (Å²) >= 11 is 0.